The number of rotatable bonds is 20. The second kappa shape index (κ2) is 17.9. The molecule has 1 nitrogen and oxygen atoms in total. The standard InChI is InChI=1S/C24H54Ge2O/c1-7-13-19-25(20-14-8-2,21-15-9-3)27-26(22-16-10-4,23-17-11-5)24-18-12-6/h7-24H2,1-6H3. The van der Waals surface area contributed by atoms with Crippen molar-refractivity contribution in [2.24, 2.45) is 0 Å². The molecule has 0 N–H and O–H groups in total. The minimum absolute atomic E-state index is 1.35. The monoisotopic (exact) mass is 506 g/mol. The Morgan fingerprint density at radius 3 is 0.704 bits per heavy atom. The van der Waals surface area contributed by atoms with E-state index in [4.69, 9.17) is 2.79 Å². The summed E-state index contributed by atoms with van der Waals surface area (Å²) in [6, 6.07) is 0. The molecule has 0 aliphatic carbocycles. The van der Waals surface area contributed by atoms with Crippen LogP contribution in [0.5, 0.6) is 0 Å². The molecule has 0 aromatic rings. The van der Waals surface area contributed by atoms with E-state index in [1.165, 1.54) is 109 Å². The Kier molecular flexibility index (Phi) is 18.6. The summed E-state index contributed by atoms with van der Waals surface area (Å²) in [6.45, 7) is 14.3. The molecule has 0 aliphatic heterocycles. The Hall–Kier alpha value is 1.05. The van der Waals surface area contributed by atoms with Crippen LogP contribution in [0, 0.1) is 0 Å². The molecular weight excluding hydrogens is 449 g/mol. The van der Waals surface area contributed by atoms with E-state index in [1.807, 2.05) is 0 Å². The van der Waals surface area contributed by atoms with E-state index in [0.29, 0.717) is 0 Å². The van der Waals surface area contributed by atoms with Gasteiger partial charge in [0.15, 0.2) is 0 Å². The predicted octanol–water partition coefficient (Wildman–Crippen LogP) is 9.69. The van der Waals surface area contributed by atoms with Crippen LogP contribution in [0.15, 0.2) is 0 Å². The fourth-order valence-electron chi connectivity index (χ4n) is 4.51. The zero-order valence-electron chi connectivity index (χ0n) is 20.1. The van der Waals surface area contributed by atoms with Crippen LogP contribution in [0.25, 0.3) is 0 Å². The van der Waals surface area contributed by atoms with Crippen LogP contribution in [-0.4, -0.2) is 27.2 Å². The molecule has 0 rings (SSSR count). The zero-order chi connectivity index (χ0) is 20.4. The molecule has 0 amide bonds. The predicted molar refractivity (Wildman–Crippen MR) is 131 cm³/mol. The Bertz CT molecular complexity index is 246. The molecule has 0 saturated carbocycles. The van der Waals surface area contributed by atoms with Crippen molar-refractivity contribution in [2.75, 3.05) is 0 Å². The van der Waals surface area contributed by atoms with Crippen LogP contribution in [0.1, 0.15) is 119 Å². The average Bonchev–Trinajstić information content (AvgIpc) is 2.70. The second-order valence-electron chi connectivity index (χ2n) is 9.09. The molecule has 164 valence electrons. The molecular formula is C24H54Ge2O. The first kappa shape index (κ1) is 28.0. The van der Waals surface area contributed by atoms with E-state index in [1.54, 1.807) is 0 Å². The fraction of sp³-hybridized carbons (Fsp3) is 1.00. The Morgan fingerprint density at radius 1 is 0.370 bits per heavy atom. The van der Waals surface area contributed by atoms with Crippen molar-refractivity contribution in [3.63, 3.8) is 0 Å². The van der Waals surface area contributed by atoms with Gasteiger partial charge >= 0.3 is 180 Å². The van der Waals surface area contributed by atoms with Crippen LogP contribution in [0.2, 0.25) is 31.5 Å². The summed E-state index contributed by atoms with van der Waals surface area (Å²) in [4.78, 5) is 0. The van der Waals surface area contributed by atoms with Crippen molar-refractivity contribution in [1.82, 2.24) is 0 Å². The first-order valence-corrected chi connectivity index (χ1v) is 23.4. The van der Waals surface area contributed by atoms with Crippen molar-refractivity contribution < 1.29 is 2.79 Å². The normalized spacial score (nSPS) is 12.7. The molecule has 0 bridgehead atoms. The van der Waals surface area contributed by atoms with E-state index in [-0.39, 0.29) is 0 Å². The Balaban J connectivity index is 5.66. The molecule has 3 heteroatoms. The second-order valence-corrected chi connectivity index (χ2v) is 28.0. The van der Waals surface area contributed by atoms with Crippen LogP contribution >= 0.6 is 0 Å². The van der Waals surface area contributed by atoms with Gasteiger partial charge in [0.05, 0.1) is 0 Å². The van der Waals surface area contributed by atoms with Gasteiger partial charge in [0, 0.05) is 0 Å². The summed E-state index contributed by atoms with van der Waals surface area (Å²) in [5, 5.41) is 9.05. The molecule has 0 fully saturated rings. The average molecular weight is 504 g/mol. The maximum absolute atomic E-state index is 7.81. The van der Waals surface area contributed by atoms with Crippen molar-refractivity contribution in [2.45, 2.75) is 150 Å². The van der Waals surface area contributed by atoms with Gasteiger partial charge in [-0.25, -0.2) is 0 Å². The molecule has 0 radical (unpaired) electrons. The third-order valence-electron chi connectivity index (χ3n) is 6.35. The van der Waals surface area contributed by atoms with Crippen molar-refractivity contribution in [1.29, 1.82) is 0 Å². The molecule has 0 aliphatic rings. The topological polar surface area (TPSA) is 9.23 Å². The molecule has 0 spiro atoms. The summed E-state index contributed by atoms with van der Waals surface area (Å²) >= 11 is -4.37. The quantitative estimate of drug-likeness (QED) is 0.150. The maximum atomic E-state index is 7.81. The van der Waals surface area contributed by atoms with Crippen LogP contribution in [0.4, 0.5) is 0 Å². The van der Waals surface area contributed by atoms with Gasteiger partial charge in [-0.15, -0.1) is 0 Å². The van der Waals surface area contributed by atoms with Crippen LogP contribution < -0.4 is 0 Å². The van der Waals surface area contributed by atoms with Gasteiger partial charge in [0.25, 0.3) is 0 Å². The number of hydrogen-bond acceptors (Lipinski definition) is 1. The summed E-state index contributed by atoms with van der Waals surface area (Å²) in [5.41, 5.74) is 0. The van der Waals surface area contributed by atoms with Gasteiger partial charge in [-0.3, -0.25) is 0 Å². The van der Waals surface area contributed by atoms with Crippen molar-refractivity contribution in [3.8, 4) is 0 Å². The van der Waals surface area contributed by atoms with Gasteiger partial charge in [-0.05, 0) is 0 Å². The first-order chi connectivity index (χ1) is 13.1. The molecule has 0 atom stereocenters. The third-order valence-corrected chi connectivity index (χ3v) is 33.5. The Morgan fingerprint density at radius 2 is 0.556 bits per heavy atom. The third kappa shape index (κ3) is 12.4. The Labute approximate surface area is 179 Å². The summed E-state index contributed by atoms with van der Waals surface area (Å²) in [6.07, 6.45) is 16.7. The van der Waals surface area contributed by atoms with Crippen molar-refractivity contribution in [3.05, 3.63) is 0 Å². The van der Waals surface area contributed by atoms with Gasteiger partial charge in [0.1, 0.15) is 0 Å². The van der Waals surface area contributed by atoms with Gasteiger partial charge in [-0.2, -0.15) is 0 Å². The molecule has 0 heterocycles. The minimum atomic E-state index is -2.18. The van der Waals surface area contributed by atoms with Crippen LogP contribution in [0.3, 0.4) is 0 Å². The molecule has 0 saturated heterocycles. The van der Waals surface area contributed by atoms with E-state index in [2.05, 4.69) is 41.5 Å². The zero-order valence-corrected chi connectivity index (χ0v) is 24.3. The van der Waals surface area contributed by atoms with E-state index in [9.17, 15) is 0 Å². The van der Waals surface area contributed by atoms with Crippen molar-refractivity contribution >= 4 is 27.2 Å². The summed E-state index contributed by atoms with van der Waals surface area (Å²) in [7, 11) is 0. The van der Waals surface area contributed by atoms with Crippen LogP contribution in [-0.2, 0) is 2.79 Å². The molecule has 0 unspecified atom stereocenters. The van der Waals surface area contributed by atoms with E-state index in [0.717, 1.165) is 0 Å². The van der Waals surface area contributed by atoms with Gasteiger partial charge < -0.3 is 0 Å². The molecule has 0 aromatic heterocycles. The molecule has 27 heavy (non-hydrogen) atoms. The SMILES string of the molecule is CCC[CH2][Ge]([CH2]CCC)([CH2]CCC)[O][Ge]([CH2]CCC)([CH2]CCC)[CH2]CCC. The fourth-order valence-corrected chi connectivity index (χ4v) is 40.1. The van der Waals surface area contributed by atoms with E-state index >= 15 is 0 Å². The summed E-state index contributed by atoms with van der Waals surface area (Å²) < 4.78 is 7.81. The van der Waals surface area contributed by atoms with Gasteiger partial charge in [-0.1, -0.05) is 0 Å². The summed E-state index contributed by atoms with van der Waals surface area (Å²) in [5.74, 6) is 0. The first-order valence-electron chi connectivity index (χ1n) is 12.8. The van der Waals surface area contributed by atoms with E-state index < -0.39 is 27.2 Å². The number of unbranched alkanes of at least 4 members (excludes halogenated alkanes) is 6. The van der Waals surface area contributed by atoms with Gasteiger partial charge in [0.2, 0.25) is 0 Å². The number of hydrogen-bond donors (Lipinski definition) is 0. The molecule has 0 aromatic carbocycles.